The van der Waals surface area contributed by atoms with E-state index in [2.05, 4.69) is 10.3 Å². The number of nitro groups is 1. The summed E-state index contributed by atoms with van der Waals surface area (Å²) < 4.78 is 31.8. The van der Waals surface area contributed by atoms with Crippen LogP contribution in [0.15, 0.2) is 30.5 Å². The maximum absolute atomic E-state index is 13.7. The molecule has 0 aliphatic carbocycles. The van der Waals surface area contributed by atoms with Crippen LogP contribution in [0.2, 0.25) is 0 Å². The van der Waals surface area contributed by atoms with Crippen molar-refractivity contribution >= 4 is 11.4 Å². The molecule has 1 aromatic carbocycles. The van der Waals surface area contributed by atoms with Crippen molar-refractivity contribution in [3.63, 3.8) is 0 Å². The number of pyridine rings is 1. The number of nitro benzene ring substituents is 1. The number of hydrogen-bond acceptors (Lipinski definition) is 5. The molecule has 110 valence electrons. The molecule has 0 aliphatic rings. The second-order valence-corrected chi connectivity index (χ2v) is 4.07. The van der Waals surface area contributed by atoms with Gasteiger partial charge in [-0.15, -0.1) is 0 Å². The van der Waals surface area contributed by atoms with Gasteiger partial charge in [0.2, 0.25) is 5.88 Å². The fourth-order valence-corrected chi connectivity index (χ4v) is 1.72. The summed E-state index contributed by atoms with van der Waals surface area (Å²) in [4.78, 5) is 14.0. The zero-order valence-electron chi connectivity index (χ0n) is 11.0. The van der Waals surface area contributed by atoms with Gasteiger partial charge in [-0.1, -0.05) is 0 Å². The Labute approximate surface area is 118 Å². The number of benzene rings is 1. The highest BCUT2D eigenvalue weighted by atomic mass is 19.2. The minimum absolute atomic E-state index is 0.0556. The van der Waals surface area contributed by atoms with Gasteiger partial charge in [-0.2, -0.15) is 0 Å². The Kier molecular flexibility index (Phi) is 4.27. The highest BCUT2D eigenvalue weighted by Gasteiger charge is 2.21. The molecule has 1 N–H and O–H groups in total. The van der Waals surface area contributed by atoms with Crippen molar-refractivity contribution in [2.24, 2.45) is 0 Å². The summed E-state index contributed by atoms with van der Waals surface area (Å²) in [5.74, 6) is -2.09. The SMILES string of the molecule is COc1cc(CNc2c([N+](=O)[O-])ccc(F)c2F)ccn1. The van der Waals surface area contributed by atoms with Crippen LogP contribution in [-0.4, -0.2) is 17.0 Å². The van der Waals surface area contributed by atoms with E-state index in [9.17, 15) is 18.9 Å². The average molecular weight is 295 g/mol. The molecule has 2 rings (SSSR count). The van der Waals surface area contributed by atoms with Crippen LogP contribution in [0, 0.1) is 21.7 Å². The Hall–Kier alpha value is -2.77. The lowest BCUT2D eigenvalue weighted by Gasteiger charge is -2.09. The van der Waals surface area contributed by atoms with E-state index in [4.69, 9.17) is 4.74 Å². The van der Waals surface area contributed by atoms with E-state index < -0.39 is 27.9 Å². The molecule has 0 unspecified atom stereocenters. The van der Waals surface area contributed by atoms with Crippen molar-refractivity contribution in [3.8, 4) is 5.88 Å². The summed E-state index contributed by atoms with van der Waals surface area (Å²) >= 11 is 0. The molecule has 0 saturated carbocycles. The molecule has 1 aromatic heterocycles. The van der Waals surface area contributed by atoms with Crippen LogP contribution in [-0.2, 0) is 6.54 Å². The molecular formula is C13H11F2N3O3. The number of ether oxygens (including phenoxy) is 1. The zero-order valence-corrected chi connectivity index (χ0v) is 11.0. The van der Waals surface area contributed by atoms with E-state index in [-0.39, 0.29) is 6.54 Å². The van der Waals surface area contributed by atoms with Gasteiger partial charge < -0.3 is 10.1 Å². The molecule has 0 radical (unpaired) electrons. The fraction of sp³-hybridized carbons (Fsp3) is 0.154. The third kappa shape index (κ3) is 3.22. The number of anilines is 1. The van der Waals surface area contributed by atoms with Gasteiger partial charge in [-0.3, -0.25) is 10.1 Å². The van der Waals surface area contributed by atoms with Gasteiger partial charge in [-0.25, -0.2) is 13.8 Å². The number of nitrogens with zero attached hydrogens (tertiary/aromatic N) is 2. The standard InChI is InChI=1S/C13H11F2N3O3/c1-21-11-6-8(4-5-16-11)7-17-13-10(18(19)20)3-2-9(14)12(13)15/h2-6,17H,7H2,1H3. The van der Waals surface area contributed by atoms with Crippen molar-refractivity contribution in [1.82, 2.24) is 4.98 Å². The maximum Gasteiger partial charge on any atom is 0.295 e. The van der Waals surface area contributed by atoms with Crippen LogP contribution >= 0.6 is 0 Å². The lowest BCUT2D eigenvalue weighted by atomic mass is 10.2. The smallest absolute Gasteiger partial charge is 0.295 e. The Balaban J connectivity index is 2.26. The Morgan fingerprint density at radius 1 is 1.38 bits per heavy atom. The number of nitrogens with one attached hydrogen (secondary N) is 1. The van der Waals surface area contributed by atoms with E-state index in [1.807, 2.05) is 0 Å². The maximum atomic E-state index is 13.7. The van der Waals surface area contributed by atoms with Gasteiger partial charge in [0.05, 0.1) is 12.0 Å². The van der Waals surface area contributed by atoms with Crippen LogP contribution in [0.4, 0.5) is 20.2 Å². The highest BCUT2D eigenvalue weighted by molar-refractivity contribution is 5.62. The molecule has 0 saturated heterocycles. The number of rotatable bonds is 5. The normalized spacial score (nSPS) is 10.2. The largest absolute Gasteiger partial charge is 0.481 e. The Morgan fingerprint density at radius 3 is 2.81 bits per heavy atom. The van der Waals surface area contributed by atoms with Crippen LogP contribution in [0.5, 0.6) is 5.88 Å². The summed E-state index contributed by atoms with van der Waals surface area (Å²) in [6.07, 6.45) is 1.48. The van der Waals surface area contributed by atoms with Gasteiger partial charge in [0.15, 0.2) is 17.3 Å². The molecule has 6 nitrogen and oxygen atoms in total. The second kappa shape index (κ2) is 6.12. The molecule has 0 spiro atoms. The first kappa shape index (κ1) is 14.6. The molecular weight excluding hydrogens is 284 g/mol. The summed E-state index contributed by atoms with van der Waals surface area (Å²) in [5.41, 5.74) is -0.370. The number of methoxy groups -OCH3 is 1. The molecule has 21 heavy (non-hydrogen) atoms. The molecule has 0 bridgehead atoms. The third-order valence-corrected chi connectivity index (χ3v) is 2.75. The van der Waals surface area contributed by atoms with Crippen molar-refractivity contribution in [2.75, 3.05) is 12.4 Å². The van der Waals surface area contributed by atoms with Gasteiger partial charge in [0.1, 0.15) is 0 Å². The molecule has 2 aromatic rings. The Bertz CT molecular complexity index is 680. The van der Waals surface area contributed by atoms with Crippen molar-refractivity contribution in [3.05, 3.63) is 57.8 Å². The monoisotopic (exact) mass is 295 g/mol. The van der Waals surface area contributed by atoms with E-state index >= 15 is 0 Å². The van der Waals surface area contributed by atoms with Gasteiger partial charge in [0, 0.05) is 24.9 Å². The topological polar surface area (TPSA) is 77.3 Å². The molecule has 0 fully saturated rings. The molecule has 1 heterocycles. The summed E-state index contributed by atoms with van der Waals surface area (Å²) in [5, 5.41) is 13.4. The van der Waals surface area contributed by atoms with E-state index in [0.717, 1.165) is 6.07 Å². The summed E-state index contributed by atoms with van der Waals surface area (Å²) in [6.45, 7) is 0.0556. The minimum atomic E-state index is -1.29. The molecule has 0 aliphatic heterocycles. The zero-order chi connectivity index (χ0) is 15.4. The van der Waals surface area contributed by atoms with Crippen LogP contribution in [0.1, 0.15) is 5.56 Å². The number of aromatic nitrogens is 1. The average Bonchev–Trinajstić information content (AvgIpc) is 2.48. The van der Waals surface area contributed by atoms with Crippen LogP contribution in [0.25, 0.3) is 0 Å². The van der Waals surface area contributed by atoms with Crippen molar-refractivity contribution in [2.45, 2.75) is 6.54 Å². The lowest BCUT2D eigenvalue weighted by Crippen LogP contribution is -2.06. The minimum Gasteiger partial charge on any atom is -0.481 e. The van der Waals surface area contributed by atoms with Crippen molar-refractivity contribution < 1.29 is 18.4 Å². The molecule has 8 heteroatoms. The highest BCUT2D eigenvalue weighted by Crippen LogP contribution is 2.29. The van der Waals surface area contributed by atoms with E-state index in [0.29, 0.717) is 17.5 Å². The van der Waals surface area contributed by atoms with Crippen LogP contribution < -0.4 is 10.1 Å². The molecule has 0 atom stereocenters. The third-order valence-electron chi connectivity index (χ3n) is 2.75. The lowest BCUT2D eigenvalue weighted by molar-refractivity contribution is -0.384. The van der Waals surface area contributed by atoms with Crippen LogP contribution in [0.3, 0.4) is 0 Å². The summed E-state index contributed by atoms with van der Waals surface area (Å²) in [7, 11) is 1.44. The molecule has 0 amide bonds. The van der Waals surface area contributed by atoms with Gasteiger partial charge in [0.25, 0.3) is 5.69 Å². The Morgan fingerprint density at radius 2 is 2.14 bits per heavy atom. The first-order chi connectivity index (χ1) is 10.0. The van der Waals surface area contributed by atoms with Gasteiger partial charge in [-0.05, 0) is 17.7 Å². The van der Waals surface area contributed by atoms with E-state index in [1.54, 1.807) is 12.1 Å². The summed E-state index contributed by atoms with van der Waals surface area (Å²) in [6, 6.07) is 4.83. The second-order valence-electron chi connectivity index (χ2n) is 4.07. The fourth-order valence-electron chi connectivity index (χ4n) is 1.72. The number of halogens is 2. The number of hydrogen-bond donors (Lipinski definition) is 1. The first-order valence-electron chi connectivity index (χ1n) is 5.88. The first-order valence-corrected chi connectivity index (χ1v) is 5.88. The quantitative estimate of drug-likeness (QED) is 0.678. The van der Waals surface area contributed by atoms with E-state index in [1.165, 1.54) is 13.3 Å². The van der Waals surface area contributed by atoms with Crippen molar-refractivity contribution in [1.29, 1.82) is 0 Å². The van der Waals surface area contributed by atoms with Gasteiger partial charge >= 0.3 is 0 Å². The predicted octanol–water partition coefficient (Wildman–Crippen LogP) is 2.89. The predicted molar refractivity (Wildman–Crippen MR) is 71.1 cm³/mol.